The molecule has 0 unspecified atom stereocenters. The number of amides is 1. The fourth-order valence-corrected chi connectivity index (χ4v) is 3.65. The molecule has 2 N–H and O–H groups in total. The molecule has 0 radical (unpaired) electrons. The van der Waals surface area contributed by atoms with E-state index in [4.69, 9.17) is 4.42 Å². The molecular weight excluding hydrogens is 356 g/mol. The van der Waals surface area contributed by atoms with Crippen molar-refractivity contribution in [2.45, 2.75) is 24.2 Å². The van der Waals surface area contributed by atoms with Gasteiger partial charge in [0.05, 0.1) is 18.6 Å². The molecule has 8 heteroatoms. The Morgan fingerprint density at radius 3 is 2.80 bits per heavy atom. The van der Waals surface area contributed by atoms with Gasteiger partial charge >= 0.3 is 0 Å². The summed E-state index contributed by atoms with van der Waals surface area (Å²) in [7, 11) is 0. The highest BCUT2D eigenvalue weighted by Gasteiger charge is 2.09. The van der Waals surface area contributed by atoms with E-state index in [0.29, 0.717) is 17.4 Å². The zero-order valence-electron chi connectivity index (χ0n) is 13.7. The first-order chi connectivity index (χ1) is 12.2. The Morgan fingerprint density at radius 1 is 1.24 bits per heavy atom. The summed E-state index contributed by atoms with van der Waals surface area (Å²) in [5.41, 5.74) is 2.26. The quantitative estimate of drug-likeness (QED) is 0.583. The number of carbonyl (C=O) groups excluding carboxylic acids is 1. The molecule has 2 aromatic heterocycles. The molecule has 25 heavy (non-hydrogen) atoms. The number of furan rings is 1. The van der Waals surface area contributed by atoms with Crippen molar-refractivity contribution in [2.75, 3.05) is 11.1 Å². The zero-order valence-corrected chi connectivity index (χ0v) is 15.3. The molecule has 0 saturated carbocycles. The van der Waals surface area contributed by atoms with Gasteiger partial charge in [0.25, 0.3) is 0 Å². The Labute approximate surface area is 154 Å². The molecule has 0 aliphatic carbocycles. The van der Waals surface area contributed by atoms with Crippen LogP contribution < -0.4 is 10.6 Å². The molecule has 0 atom stereocenters. The van der Waals surface area contributed by atoms with Gasteiger partial charge in [-0.2, -0.15) is 0 Å². The third-order valence-corrected chi connectivity index (χ3v) is 5.36. The Balaban J connectivity index is 1.45. The fraction of sp³-hybridized carbons (Fsp3) is 0.235. The Bertz CT molecular complexity index is 800. The number of hydrogen-bond acceptors (Lipinski definition) is 7. The second-order valence-electron chi connectivity index (χ2n) is 5.19. The monoisotopic (exact) mass is 374 g/mol. The van der Waals surface area contributed by atoms with Crippen LogP contribution in [0.3, 0.4) is 0 Å². The van der Waals surface area contributed by atoms with Gasteiger partial charge in [0.15, 0.2) is 4.34 Å². The van der Waals surface area contributed by atoms with Gasteiger partial charge in [-0.15, -0.1) is 10.2 Å². The SMILES string of the molecule is CCc1ccc(Nc2nnc(SCC(=O)NCc3ccco3)s2)cc1. The van der Waals surface area contributed by atoms with Crippen molar-refractivity contribution in [1.82, 2.24) is 15.5 Å². The standard InChI is InChI=1S/C17H18N4O2S2/c1-2-12-5-7-13(8-6-12)19-16-20-21-17(25-16)24-11-15(22)18-10-14-4-3-9-23-14/h3-9H,2,10-11H2,1H3,(H,18,22)(H,19,20). The molecular formula is C17H18N4O2S2. The van der Waals surface area contributed by atoms with Crippen LogP contribution in [-0.2, 0) is 17.8 Å². The lowest BCUT2D eigenvalue weighted by Gasteiger charge is -2.02. The number of thioether (sulfide) groups is 1. The van der Waals surface area contributed by atoms with Gasteiger partial charge in [0.1, 0.15) is 5.76 Å². The first kappa shape index (κ1) is 17.5. The van der Waals surface area contributed by atoms with Gasteiger partial charge in [-0.05, 0) is 36.2 Å². The van der Waals surface area contributed by atoms with E-state index < -0.39 is 0 Å². The van der Waals surface area contributed by atoms with E-state index in [0.717, 1.165) is 22.2 Å². The average molecular weight is 374 g/mol. The van der Waals surface area contributed by atoms with Crippen LogP contribution in [0.1, 0.15) is 18.2 Å². The van der Waals surface area contributed by atoms with E-state index in [2.05, 4.69) is 39.9 Å². The van der Waals surface area contributed by atoms with Crippen LogP contribution >= 0.6 is 23.1 Å². The number of carbonyl (C=O) groups is 1. The maximum Gasteiger partial charge on any atom is 0.230 e. The first-order valence-corrected chi connectivity index (χ1v) is 9.64. The normalized spacial score (nSPS) is 10.6. The van der Waals surface area contributed by atoms with Crippen LogP contribution in [0.15, 0.2) is 51.4 Å². The number of anilines is 2. The summed E-state index contributed by atoms with van der Waals surface area (Å²) >= 11 is 2.79. The van der Waals surface area contributed by atoms with Gasteiger partial charge in [0, 0.05) is 5.69 Å². The predicted molar refractivity (Wildman–Crippen MR) is 100 cm³/mol. The van der Waals surface area contributed by atoms with Gasteiger partial charge in [-0.25, -0.2) is 0 Å². The van der Waals surface area contributed by atoms with Crippen LogP contribution in [0, 0.1) is 0 Å². The lowest BCUT2D eigenvalue weighted by atomic mass is 10.1. The van der Waals surface area contributed by atoms with Crippen LogP contribution in [0.5, 0.6) is 0 Å². The Morgan fingerprint density at radius 2 is 2.08 bits per heavy atom. The number of nitrogens with one attached hydrogen (secondary N) is 2. The van der Waals surface area contributed by atoms with E-state index >= 15 is 0 Å². The molecule has 3 aromatic rings. The average Bonchev–Trinajstić information content (AvgIpc) is 3.31. The zero-order chi connectivity index (χ0) is 17.5. The summed E-state index contributed by atoms with van der Waals surface area (Å²) in [5, 5.41) is 14.9. The second kappa shape index (κ2) is 8.68. The molecule has 0 saturated heterocycles. The molecule has 0 aliphatic rings. The summed E-state index contributed by atoms with van der Waals surface area (Å²) in [4.78, 5) is 11.8. The highest BCUT2D eigenvalue weighted by Crippen LogP contribution is 2.27. The molecule has 3 rings (SSSR count). The first-order valence-electron chi connectivity index (χ1n) is 7.84. The third kappa shape index (κ3) is 5.33. The maximum atomic E-state index is 11.8. The largest absolute Gasteiger partial charge is 0.467 e. The van der Waals surface area contributed by atoms with Crippen molar-refractivity contribution >= 4 is 39.8 Å². The van der Waals surface area contributed by atoms with Crippen LogP contribution in [0.25, 0.3) is 0 Å². The van der Waals surface area contributed by atoms with Gasteiger partial charge in [-0.1, -0.05) is 42.2 Å². The molecule has 0 bridgehead atoms. The van der Waals surface area contributed by atoms with Crippen molar-refractivity contribution in [1.29, 1.82) is 0 Å². The van der Waals surface area contributed by atoms with Crippen LogP contribution in [-0.4, -0.2) is 21.9 Å². The third-order valence-electron chi connectivity index (χ3n) is 3.39. The van der Waals surface area contributed by atoms with E-state index in [1.807, 2.05) is 18.2 Å². The minimum atomic E-state index is -0.0683. The van der Waals surface area contributed by atoms with Crippen molar-refractivity contribution in [2.24, 2.45) is 0 Å². The number of benzene rings is 1. The minimum absolute atomic E-state index is 0.0683. The number of rotatable bonds is 8. The predicted octanol–water partition coefficient (Wildman–Crippen LogP) is 3.85. The van der Waals surface area contributed by atoms with Gasteiger partial charge in [0.2, 0.25) is 11.0 Å². The summed E-state index contributed by atoms with van der Waals surface area (Å²) in [6, 6.07) is 11.8. The fourth-order valence-electron chi connectivity index (χ4n) is 2.04. The van der Waals surface area contributed by atoms with Gasteiger partial charge < -0.3 is 15.1 Å². The van der Waals surface area contributed by atoms with Crippen molar-refractivity contribution in [3.05, 3.63) is 54.0 Å². The van der Waals surface area contributed by atoms with Gasteiger partial charge in [-0.3, -0.25) is 4.79 Å². The van der Waals surface area contributed by atoms with Crippen molar-refractivity contribution in [3.63, 3.8) is 0 Å². The van der Waals surface area contributed by atoms with E-state index in [-0.39, 0.29) is 5.91 Å². The summed E-state index contributed by atoms with van der Waals surface area (Å²) in [6.45, 7) is 2.52. The molecule has 1 aromatic carbocycles. The molecule has 0 aliphatic heterocycles. The molecule has 6 nitrogen and oxygen atoms in total. The summed E-state index contributed by atoms with van der Waals surface area (Å²) in [5.74, 6) is 0.955. The molecule has 130 valence electrons. The number of hydrogen-bond donors (Lipinski definition) is 2. The highest BCUT2D eigenvalue weighted by molar-refractivity contribution is 8.01. The molecule has 0 fully saturated rings. The minimum Gasteiger partial charge on any atom is -0.467 e. The Hall–Kier alpha value is -2.32. The van der Waals surface area contributed by atoms with E-state index in [9.17, 15) is 4.79 Å². The van der Waals surface area contributed by atoms with Crippen LogP contribution in [0.4, 0.5) is 10.8 Å². The number of aryl methyl sites for hydroxylation is 1. The lowest BCUT2D eigenvalue weighted by molar-refractivity contribution is -0.118. The smallest absolute Gasteiger partial charge is 0.230 e. The second-order valence-corrected chi connectivity index (χ2v) is 7.39. The molecule has 0 spiro atoms. The molecule has 1 amide bonds. The molecule has 2 heterocycles. The number of aromatic nitrogens is 2. The van der Waals surface area contributed by atoms with E-state index in [1.165, 1.54) is 28.7 Å². The maximum absolute atomic E-state index is 11.8. The highest BCUT2D eigenvalue weighted by atomic mass is 32.2. The Kier molecular flexibility index (Phi) is 6.08. The van der Waals surface area contributed by atoms with E-state index in [1.54, 1.807) is 12.3 Å². The summed E-state index contributed by atoms with van der Waals surface area (Å²) in [6.07, 6.45) is 2.60. The number of nitrogens with zero attached hydrogens (tertiary/aromatic N) is 2. The lowest BCUT2D eigenvalue weighted by Crippen LogP contribution is -2.24. The summed E-state index contributed by atoms with van der Waals surface area (Å²) < 4.78 is 5.92. The topological polar surface area (TPSA) is 80.0 Å². The van der Waals surface area contributed by atoms with Crippen LogP contribution in [0.2, 0.25) is 0 Å². The van der Waals surface area contributed by atoms with Crippen molar-refractivity contribution in [3.8, 4) is 0 Å². The van der Waals surface area contributed by atoms with Crippen molar-refractivity contribution < 1.29 is 9.21 Å².